The molecule has 8 nitrogen and oxygen atoms in total. The zero-order chi connectivity index (χ0) is 14.6. The van der Waals surface area contributed by atoms with Gasteiger partial charge in [-0.05, 0) is 26.3 Å². The fourth-order valence-corrected chi connectivity index (χ4v) is 1.01. The quantitative estimate of drug-likeness (QED) is 0.300. The summed E-state index contributed by atoms with van der Waals surface area (Å²) < 4.78 is 15.4. The van der Waals surface area contributed by atoms with Crippen molar-refractivity contribution in [3.05, 3.63) is 10.4 Å². The molecule has 0 aromatic carbocycles. The standard InChI is InChI=1S/C11H22N4O4/c1-11(2,3)19-10(16)13-4-6-17-8-9-18-7-5-14-15-12/h4-9H2,1-3H3,(H,13,16). The normalized spacial score (nSPS) is 10.7. The Balaban J connectivity index is 3.27. The van der Waals surface area contributed by atoms with Gasteiger partial charge >= 0.3 is 6.09 Å². The van der Waals surface area contributed by atoms with Crippen LogP contribution >= 0.6 is 0 Å². The van der Waals surface area contributed by atoms with Crippen LogP contribution < -0.4 is 5.32 Å². The Morgan fingerprint density at radius 3 is 2.42 bits per heavy atom. The molecule has 0 aliphatic carbocycles. The Morgan fingerprint density at radius 2 is 1.84 bits per heavy atom. The molecule has 0 atom stereocenters. The third-order valence-electron chi connectivity index (χ3n) is 1.69. The number of carbonyl (C=O) groups is 1. The molecule has 0 spiro atoms. The first-order valence-electron chi connectivity index (χ1n) is 6.09. The summed E-state index contributed by atoms with van der Waals surface area (Å²) in [6.07, 6.45) is -0.457. The molecule has 0 rings (SSSR count). The minimum Gasteiger partial charge on any atom is -0.444 e. The summed E-state index contributed by atoms with van der Waals surface area (Å²) in [5.74, 6) is 0. The number of nitrogens with one attached hydrogen (secondary N) is 1. The smallest absolute Gasteiger partial charge is 0.407 e. The highest BCUT2D eigenvalue weighted by Crippen LogP contribution is 2.05. The summed E-state index contributed by atoms with van der Waals surface area (Å²) in [4.78, 5) is 13.8. The number of hydrogen-bond donors (Lipinski definition) is 1. The van der Waals surface area contributed by atoms with Crippen LogP contribution in [-0.2, 0) is 14.2 Å². The Hall–Kier alpha value is -1.50. The molecule has 0 aliphatic rings. The van der Waals surface area contributed by atoms with E-state index in [-0.39, 0.29) is 0 Å². The van der Waals surface area contributed by atoms with Gasteiger partial charge < -0.3 is 19.5 Å². The lowest BCUT2D eigenvalue weighted by atomic mass is 10.2. The first-order valence-corrected chi connectivity index (χ1v) is 6.09. The van der Waals surface area contributed by atoms with Crippen molar-refractivity contribution in [1.29, 1.82) is 0 Å². The number of azide groups is 1. The topological polar surface area (TPSA) is 106 Å². The van der Waals surface area contributed by atoms with Gasteiger partial charge in [-0.3, -0.25) is 0 Å². The van der Waals surface area contributed by atoms with Crippen molar-refractivity contribution in [2.45, 2.75) is 26.4 Å². The molecule has 0 radical (unpaired) electrons. The van der Waals surface area contributed by atoms with Gasteiger partial charge in [0.15, 0.2) is 0 Å². The molecule has 0 aromatic rings. The molecule has 8 heteroatoms. The molecular formula is C11H22N4O4. The largest absolute Gasteiger partial charge is 0.444 e. The molecule has 0 aliphatic heterocycles. The van der Waals surface area contributed by atoms with Gasteiger partial charge in [0.1, 0.15) is 5.60 Å². The van der Waals surface area contributed by atoms with Gasteiger partial charge in [0, 0.05) is 18.0 Å². The highest BCUT2D eigenvalue weighted by atomic mass is 16.6. The molecule has 0 fully saturated rings. The van der Waals surface area contributed by atoms with Gasteiger partial charge in [0.25, 0.3) is 0 Å². The van der Waals surface area contributed by atoms with Crippen LogP contribution in [0.5, 0.6) is 0 Å². The average Bonchev–Trinajstić information content (AvgIpc) is 2.29. The van der Waals surface area contributed by atoms with Crippen molar-refractivity contribution in [2.75, 3.05) is 39.5 Å². The van der Waals surface area contributed by atoms with Gasteiger partial charge in [0.05, 0.1) is 26.4 Å². The van der Waals surface area contributed by atoms with Crippen LogP contribution in [0.3, 0.4) is 0 Å². The number of hydrogen-bond acceptors (Lipinski definition) is 5. The van der Waals surface area contributed by atoms with E-state index in [4.69, 9.17) is 19.7 Å². The summed E-state index contributed by atoms with van der Waals surface area (Å²) in [6.45, 7) is 7.72. The van der Waals surface area contributed by atoms with Crippen molar-refractivity contribution >= 4 is 6.09 Å². The van der Waals surface area contributed by atoms with E-state index >= 15 is 0 Å². The zero-order valence-corrected chi connectivity index (χ0v) is 11.7. The number of amides is 1. The fourth-order valence-electron chi connectivity index (χ4n) is 1.01. The van der Waals surface area contributed by atoms with E-state index in [0.29, 0.717) is 39.5 Å². The molecule has 0 saturated heterocycles. The van der Waals surface area contributed by atoms with Gasteiger partial charge in [-0.1, -0.05) is 5.11 Å². The molecule has 19 heavy (non-hydrogen) atoms. The van der Waals surface area contributed by atoms with E-state index in [9.17, 15) is 4.79 Å². The number of carbonyl (C=O) groups excluding carboxylic acids is 1. The van der Waals surface area contributed by atoms with Gasteiger partial charge in [0.2, 0.25) is 0 Å². The maximum absolute atomic E-state index is 11.2. The van der Waals surface area contributed by atoms with E-state index in [1.54, 1.807) is 20.8 Å². The maximum atomic E-state index is 11.2. The Morgan fingerprint density at radius 1 is 1.21 bits per heavy atom. The lowest BCUT2D eigenvalue weighted by Gasteiger charge is -2.19. The first-order chi connectivity index (χ1) is 8.95. The predicted octanol–water partition coefficient (Wildman–Crippen LogP) is 1.85. The second kappa shape index (κ2) is 10.4. The van der Waals surface area contributed by atoms with Crippen LogP contribution in [0, 0.1) is 0 Å². The second-order valence-corrected chi connectivity index (χ2v) is 4.61. The number of nitrogens with zero attached hydrogens (tertiary/aromatic N) is 3. The Kier molecular flexibility index (Phi) is 9.60. The van der Waals surface area contributed by atoms with E-state index in [2.05, 4.69) is 15.3 Å². The molecule has 0 heterocycles. The molecule has 0 bridgehead atoms. The van der Waals surface area contributed by atoms with Crippen LogP contribution in [-0.4, -0.2) is 51.2 Å². The average molecular weight is 274 g/mol. The molecule has 110 valence electrons. The second-order valence-electron chi connectivity index (χ2n) is 4.61. The van der Waals surface area contributed by atoms with Crippen molar-refractivity contribution in [1.82, 2.24) is 5.32 Å². The zero-order valence-electron chi connectivity index (χ0n) is 11.7. The predicted molar refractivity (Wildman–Crippen MR) is 69.9 cm³/mol. The number of alkyl carbamates (subject to hydrolysis) is 1. The summed E-state index contributed by atoms with van der Waals surface area (Å²) in [5.41, 5.74) is 7.52. The molecular weight excluding hydrogens is 252 g/mol. The monoisotopic (exact) mass is 274 g/mol. The minimum atomic E-state index is -0.495. The summed E-state index contributed by atoms with van der Waals surface area (Å²) in [5, 5.41) is 5.90. The first kappa shape index (κ1) is 17.5. The summed E-state index contributed by atoms with van der Waals surface area (Å²) >= 11 is 0. The molecule has 1 N–H and O–H groups in total. The SMILES string of the molecule is CC(C)(C)OC(=O)NCCOCCOCCN=[N+]=[N-]. The highest BCUT2D eigenvalue weighted by molar-refractivity contribution is 5.67. The fraction of sp³-hybridized carbons (Fsp3) is 0.909. The maximum Gasteiger partial charge on any atom is 0.407 e. The van der Waals surface area contributed by atoms with Crippen LogP contribution in [0.4, 0.5) is 4.79 Å². The van der Waals surface area contributed by atoms with Gasteiger partial charge in [-0.25, -0.2) is 4.79 Å². The number of rotatable bonds is 9. The third kappa shape index (κ3) is 14.4. The summed E-state index contributed by atoms with van der Waals surface area (Å²) in [7, 11) is 0. The van der Waals surface area contributed by atoms with E-state index in [0.717, 1.165) is 0 Å². The van der Waals surface area contributed by atoms with Gasteiger partial charge in [-0.2, -0.15) is 0 Å². The lowest BCUT2D eigenvalue weighted by molar-refractivity contribution is 0.0412. The van der Waals surface area contributed by atoms with Crippen molar-refractivity contribution in [3.63, 3.8) is 0 Å². The lowest BCUT2D eigenvalue weighted by Crippen LogP contribution is -2.34. The third-order valence-corrected chi connectivity index (χ3v) is 1.69. The molecule has 0 saturated carbocycles. The number of ether oxygens (including phenoxy) is 3. The Bertz CT molecular complexity index is 298. The van der Waals surface area contributed by atoms with Crippen LogP contribution in [0.1, 0.15) is 20.8 Å². The van der Waals surface area contributed by atoms with Crippen molar-refractivity contribution in [3.8, 4) is 0 Å². The van der Waals surface area contributed by atoms with Crippen LogP contribution in [0.25, 0.3) is 10.4 Å². The molecule has 1 amide bonds. The van der Waals surface area contributed by atoms with Crippen molar-refractivity contribution < 1.29 is 19.0 Å². The minimum absolute atomic E-state index is 0.316. The van der Waals surface area contributed by atoms with E-state index in [1.807, 2.05) is 0 Å². The van der Waals surface area contributed by atoms with E-state index < -0.39 is 11.7 Å². The van der Waals surface area contributed by atoms with Crippen LogP contribution in [0.15, 0.2) is 5.11 Å². The Labute approximate surface area is 113 Å². The van der Waals surface area contributed by atoms with E-state index in [1.165, 1.54) is 0 Å². The molecule has 0 unspecified atom stereocenters. The summed E-state index contributed by atoms with van der Waals surface area (Å²) in [6, 6.07) is 0. The molecule has 0 aromatic heterocycles. The van der Waals surface area contributed by atoms with Crippen LogP contribution in [0.2, 0.25) is 0 Å². The van der Waals surface area contributed by atoms with Gasteiger partial charge in [-0.15, -0.1) is 0 Å². The van der Waals surface area contributed by atoms with Crippen molar-refractivity contribution in [2.24, 2.45) is 5.11 Å². The highest BCUT2D eigenvalue weighted by Gasteiger charge is 2.15.